The van der Waals surface area contributed by atoms with Crippen molar-refractivity contribution in [1.29, 1.82) is 0 Å². The average Bonchev–Trinajstić information content (AvgIpc) is 2.82. The number of hydrogen-bond acceptors (Lipinski definition) is 5. The number of hydroxylamine groups is 2. The number of carbonyl (C=O) groups is 2. The summed E-state index contributed by atoms with van der Waals surface area (Å²) >= 11 is 0. The van der Waals surface area contributed by atoms with E-state index in [2.05, 4.69) is 12.1 Å². The van der Waals surface area contributed by atoms with Gasteiger partial charge < -0.3 is 14.5 Å². The first-order chi connectivity index (χ1) is 12.9. The number of Topliss-reactive ketones (excluding diaryl/α,β-unsaturated/α-hetero) is 1. The van der Waals surface area contributed by atoms with Gasteiger partial charge in [-0.2, -0.15) is 5.06 Å². The van der Waals surface area contributed by atoms with Crippen LogP contribution in [0, 0.1) is 20.8 Å². The molecular weight excluding hydrogens is 344 g/mol. The number of ether oxygens (including phenoxy) is 1. The predicted octanol–water partition coefficient (Wildman–Crippen LogP) is 2.15. The SMILES string of the molecule is COCCN1C(=O)C(c2c(C)cc(C)cc2C)C(=O)C12CCN(OC)CC2. The van der Waals surface area contributed by atoms with E-state index >= 15 is 0 Å². The fourth-order valence-corrected chi connectivity index (χ4v) is 4.84. The normalized spacial score (nSPS) is 22.9. The number of benzene rings is 1. The van der Waals surface area contributed by atoms with E-state index in [4.69, 9.17) is 9.57 Å². The first-order valence-corrected chi connectivity index (χ1v) is 9.57. The van der Waals surface area contributed by atoms with Crippen LogP contribution in [0.2, 0.25) is 0 Å². The molecule has 0 aliphatic carbocycles. The fourth-order valence-electron chi connectivity index (χ4n) is 4.84. The molecule has 1 atom stereocenters. The first-order valence-electron chi connectivity index (χ1n) is 9.57. The van der Waals surface area contributed by atoms with Crippen molar-refractivity contribution in [1.82, 2.24) is 9.96 Å². The highest BCUT2D eigenvalue weighted by Gasteiger charge is 2.59. The zero-order valence-corrected chi connectivity index (χ0v) is 17.0. The van der Waals surface area contributed by atoms with Gasteiger partial charge in [-0.05, 0) is 50.3 Å². The highest BCUT2D eigenvalue weighted by molar-refractivity contribution is 6.17. The summed E-state index contributed by atoms with van der Waals surface area (Å²) in [6.07, 6.45) is 1.19. The van der Waals surface area contributed by atoms with Crippen molar-refractivity contribution in [2.75, 3.05) is 40.5 Å². The van der Waals surface area contributed by atoms with E-state index in [9.17, 15) is 9.59 Å². The van der Waals surface area contributed by atoms with E-state index in [0.29, 0.717) is 39.1 Å². The third kappa shape index (κ3) is 3.30. The predicted molar refractivity (Wildman–Crippen MR) is 103 cm³/mol. The molecule has 0 bridgehead atoms. The molecule has 6 nitrogen and oxygen atoms in total. The number of ketones is 1. The molecule has 6 heteroatoms. The number of nitrogens with zero attached hydrogens (tertiary/aromatic N) is 2. The number of aryl methyl sites for hydroxylation is 3. The second kappa shape index (κ2) is 7.70. The quantitative estimate of drug-likeness (QED) is 0.739. The highest BCUT2D eigenvalue weighted by Crippen LogP contribution is 2.44. The van der Waals surface area contributed by atoms with Gasteiger partial charge in [0.1, 0.15) is 11.5 Å². The number of hydrogen-bond donors (Lipinski definition) is 0. The maximum Gasteiger partial charge on any atom is 0.238 e. The molecule has 2 saturated heterocycles. The van der Waals surface area contributed by atoms with Crippen molar-refractivity contribution in [3.8, 4) is 0 Å². The molecule has 27 heavy (non-hydrogen) atoms. The Morgan fingerprint density at radius 1 is 1.07 bits per heavy atom. The van der Waals surface area contributed by atoms with Gasteiger partial charge in [-0.3, -0.25) is 9.59 Å². The van der Waals surface area contributed by atoms with E-state index in [1.165, 1.54) is 0 Å². The summed E-state index contributed by atoms with van der Waals surface area (Å²) in [5, 5.41) is 1.85. The Balaban J connectivity index is 2.03. The Morgan fingerprint density at radius 3 is 2.19 bits per heavy atom. The zero-order chi connectivity index (χ0) is 19.8. The van der Waals surface area contributed by atoms with Gasteiger partial charge in [-0.15, -0.1) is 0 Å². The maximum atomic E-state index is 13.7. The van der Waals surface area contributed by atoms with Crippen molar-refractivity contribution in [3.05, 3.63) is 34.4 Å². The smallest absolute Gasteiger partial charge is 0.238 e. The van der Waals surface area contributed by atoms with E-state index in [1.807, 2.05) is 25.8 Å². The number of piperidine rings is 1. The second-order valence-electron chi connectivity index (χ2n) is 7.74. The Bertz CT molecular complexity index is 715. The van der Waals surface area contributed by atoms with Crippen LogP contribution >= 0.6 is 0 Å². The lowest BCUT2D eigenvalue weighted by Crippen LogP contribution is -2.56. The third-order valence-corrected chi connectivity index (χ3v) is 6.10. The van der Waals surface area contributed by atoms with E-state index in [-0.39, 0.29) is 11.7 Å². The van der Waals surface area contributed by atoms with Gasteiger partial charge in [0.05, 0.1) is 13.7 Å². The lowest BCUT2D eigenvalue weighted by Gasteiger charge is -2.42. The van der Waals surface area contributed by atoms with Crippen LogP contribution < -0.4 is 0 Å². The van der Waals surface area contributed by atoms with Crippen molar-refractivity contribution in [3.63, 3.8) is 0 Å². The second-order valence-corrected chi connectivity index (χ2v) is 7.74. The van der Waals surface area contributed by atoms with Crippen LogP contribution in [0.3, 0.4) is 0 Å². The number of methoxy groups -OCH3 is 1. The molecule has 0 N–H and O–H groups in total. The van der Waals surface area contributed by atoms with Crippen LogP contribution in [-0.2, 0) is 19.2 Å². The summed E-state index contributed by atoms with van der Waals surface area (Å²) in [4.78, 5) is 34.2. The number of likely N-dealkylation sites (tertiary alicyclic amines) is 1. The van der Waals surface area contributed by atoms with Gasteiger partial charge in [-0.25, -0.2) is 0 Å². The van der Waals surface area contributed by atoms with Crippen LogP contribution in [0.4, 0.5) is 0 Å². The van der Waals surface area contributed by atoms with Gasteiger partial charge in [0.25, 0.3) is 0 Å². The molecule has 1 spiro atoms. The topological polar surface area (TPSA) is 59.1 Å². The Morgan fingerprint density at radius 2 is 1.67 bits per heavy atom. The molecule has 1 aromatic rings. The van der Waals surface area contributed by atoms with Gasteiger partial charge in [0.2, 0.25) is 5.91 Å². The van der Waals surface area contributed by atoms with Crippen molar-refractivity contribution < 1.29 is 19.2 Å². The Labute approximate surface area is 161 Å². The molecule has 1 unspecified atom stereocenters. The lowest BCUT2D eigenvalue weighted by atomic mass is 9.78. The number of amides is 1. The minimum absolute atomic E-state index is 0.0365. The van der Waals surface area contributed by atoms with Crippen LogP contribution in [-0.4, -0.2) is 67.7 Å². The van der Waals surface area contributed by atoms with Gasteiger partial charge in [0.15, 0.2) is 5.78 Å². The molecule has 2 aliphatic rings. The molecule has 0 aromatic heterocycles. The number of rotatable bonds is 5. The fraction of sp³-hybridized carbons (Fsp3) is 0.619. The van der Waals surface area contributed by atoms with Gasteiger partial charge >= 0.3 is 0 Å². The van der Waals surface area contributed by atoms with Crippen molar-refractivity contribution >= 4 is 11.7 Å². The van der Waals surface area contributed by atoms with E-state index < -0.39 is 11.5 Å². The summed E-state index contributed by atoms with van der Waals surface area (Å²) in [6.45, 7) is 8.16. The molecular formula is C21H30N2O4. The minimum Gasteiger partial charge on any atom is -0.383 e. The largest absolute Gasteiger partial charge is 0.383 e. The Hall–Kier alpha value is -1.76. The third-order valence-electron chi connectivity index (χ3n) is 6.10. The summed E-state index contributed by atoms with van der Waals surface area (Å²) in [6, 6.07) is 4.11. The van der Waals surface area contributed by atoms with Crippen LogP contribution in [0.1, 0.15) is 41.0 Å². The highest BCUT2D eigenvalue weighted by atomic mass is 16.7. The van der Waals surface area contributed by atoms with Gasteiger partial charge in [-0.1, -0.05) is 17.7 Å². The molecule has 2 aliphatic heterocycles. The minimum atomic E-state index is -0.751. The monoisotopic (exact) mass is 374 g/mol. The molecule has 1 amide bonds. The van der Waals surface area contributed by atoms with Crippen LogP contribution in [0.15, 0.2) is 12.1 Å². The van der Waals surface area contributed by atoms with E-state index in [1.54, 1.807) is 19.1 Å². The molecule has 1 aromatic carbocycles. The molecule has 2 heterocycles. The van der Waals surface area contributed by atoms with Crippen LogP contribution in [0.5, 0.6) is 0 Å². The molecule has 2 fully saturated rings. The Kier molecular flexibility index (Phi) is 5.70. The van der Waals surface area contributed by atoms with Crippen molar-refractivity contribution in [2.24, 2.45) is 0 Å². The van der Waals surface area contributed by atoms with Crippen molar-refractivity contribution in [2.45, 2.75) is 45.1 Å². The van der Waals surface area contributed by atoms with Crippen LogP contribution in [0.25, 0.3) is 0 Å². The maximum absolute atomic E-state index is 13.7. The standard InChI is InChI=1S/C21H30N2O4/c1-14-12-15(2)17(16(3)13-14)18-19(24)21(6-8-22(27-5)9-7-21)23(20(18)25)10-11-26-4/h12-13,18H,6-11H2,1-5H3. The molecule has 0 radical (unpaired) electrons. The van der Waals surface area contributed by atoms with Gasteiger partial charge in [0, 0.05) is 26.7 Å². The number of carbonyl (C=O) groups excluding carboxylic acids is 2. The first kappa shape index (κ1) is 20.0. The summed E-state index contributed by atoms with van der Waals surface area (Å²) in [7, 11) is 3.26. The lowest BCUT2D eigenvalue weighted by molar-refractivity contribution is -0.167. The summed E-state index contributed by atoms with van der Waals surface area (Å²) < 4.78 is 5.23. The summed E-state index contributed by atoms with van der Waals surface area (Å²) in [5.41, 5.74) is 3.30. The summed E-state index contributed by atoms with van der Waals surface area (Å²) in [5.74, 6) is -0.760. The van der Waals surface area contributed by atoms with E-state index in [0.717, 1.165) is 22.3 Å². The average molecular weight is 374 g/mol. The zero-order valence-electron chi connectivity index (χ0n) is 17.0. The molecule has 0 saturated carbocycles. The molecule has 3 rings (SSSR count). The molecule has 148 valence electrons.